The Kier molecular flexibility index (Phi) is 5.47. The van der Waals surface area contributed by atoms with E-state index in [1.54, 1.807) is 12.1 Å². The molecular formula is C47H29N3O. The fourth-order valence-corrected chi connectivity index (χ4v) is 6.76. The van der Waals surface area contributed by atoms with Gasteiger partial charge in [0.1, 0.15) is 11.2 Å². The van der Waals surface area contributed by atoms with E-state index in [1.165, 1.54) is 0 Å². The molecule has 10 aromatic rings. The van der Waals surface area contributed by atoms with Gasteiger partial charge < -0.3 is 4.42 Å². The van der Waals surface area contributed by atoms with Crippen molar-refractivity contribution >= 4 is 43.5 Å². The molecule has 238 valence electrons. The summed E-state index contributed by atoms with van der Waals surface area (Å²) in [6, 6.07) is 42.7. The van der Waals surface area contributed by atoms with Crippen molar-refractivity contribution < 1.29 is 12.6 Å². The van der Waals surface area contributed by atoms with Gasteiger partial charge in [0.2, 0.25) is 0 Å². The van der Waals surface area contributed by atoms with Crippen LogP contribution in [0.15, 0.2) is 180 Å². The maximum absolute atomic E-state index is 9.57. The van der Waals surface area contributed by atoms with Gasteiger partial charge in [0.25, 0.3) is 0 Å². The van der Waals surface area contributed by atoms with Gasteiger partial charge in [-0.2, -0.15) is 0 Å². The normalized spacial score (nSPS) is 13.2. The van der Waals surface area contributed by atoms with Crippen molar-refractivity contribution in [3.8, 4) is 56.4 Å². The Morgan fingerprint density at radius 2 is 1.06 bits per heavy atom. The zero-order valence-electron chi connectivity index (χ0n) is 33.0. The lowest BCUT2D eigenvalue weighted by atomic mass is 9.92. The van der Waals surface area contributed by atoms with Crippen molar-refractivity contribution in [1.29, 1.82) is 0 Å². The summed E-state index contributed by atoms with van der Waals surface area (Å²) < 4.78 is 59.8. The fourth-order valence-electron chi connectivity index (χ4n) is 6.76. The predicted octanol–water partition coefficient (Wildman–Crippen LogP) is 12.4. The molecule has 0 saturated heterocycles. The smallest absolute Gasteiger partial charge is 0.164 e. The number of fused-ring (bicyclic) bond motifs is 5. The van der Waals surface area contributed by atoms with Gasteiger partial charge in [-0.05, 0) is 86.2 Å². The van der Waals surface area contributed by atoms with Gasteiger partial charge in [-0.15, -0.1) is 0 Å². The summed E-state index contributed by atoms with van der Waals surface area (Å²) >= 11 is 0. The first-order valence-electron chi connectivity index (χ1n) is 19.6. The average molecular weight is 658 g/mol. The fraction of sp³-hybridized carbons (Fsp3) is 0. The van der Waals surface area contributed by atoms with Crippen LogP contribution in [0, 0.1) is 0 Å². The Morgan fingerprint density at radius 3 is 1.96 bits per heavy atom. The van der Waals surface area contributed by atoms with E-state index in [1.807, 2.05) is 127 Å². The maximum atomic E-state index is 9.57. The molecule has 2 heterocycles. The minimum absolute atomic E-state index is 0.0192. The first kappa shape index (κ1) is 23.4. The summed E-state index contributed by atoms with van der Waals surface area (Å²) in [4.78, 5) is 15.2. The second-order valence-electron chi connectivity index (χ2n) is 12.3. The highest BCUT2D eigenvalue weighted by atomic mass is 16.3. The average Bonchev–Trinajstić information content (AvgIpc) is 3.63. The highest BCUT2D eigenvalue weighted by Crippen LogP contribution is 2.37. The molecule has 0 spiro atoms. The molecule has 0 saturated carbocycles. The van der Waals surface area contributed by atoms with Crippen molar-refractivity contribution in [1.82, 2.24) is 15.0 Å². The van der Waals surface area contributed by atoms with Crippen molar-refractivity contribution in [3.63, 3.8) is 0 Å². The van der Waals surface area contributed by atoms with Gasteiger partial charge in [-0.3, -0.25) is 0 Å². The molecule has 0 amide bonds. The molecule has 0 atom stereocenters. The van der Waals surface area contributed by atoms with Crippen LogP contribution in [0.2, 0.25) is 0 Å². The zero-order valence-corrected chi connectivity index (χ0v) is 27.0. The van der Waals surface area contributed by atoms with Gasteiger partial charge in [-0.25, -0.2) is 15.0 Å². The minimum atomic E-state index is -0.433. The summed E-state index contributed by atoms with van der Waals surface area (Å²) in [5.41, 5.74) is 5.42. The molecule has 10 rings (SSSR count). The summed E-state index contributed by atoms with van der Waals surface area (Å²) in [5.74, 6) is 1.30. The van der Waals surface area contributed by atoms with Crippen LogP contribution in [-0.4, -0.2) is 15.0 Å². The number of hydrogen-bond donors (Lipinski definition) is 0. The molecular weight excluding hydrogens is 623 g/mol. The van der Waals surface area contributed by atoms with E-state index < -0.39 is 12.1 Å². The summed E-state index contributed by atoms with van der Waals surface area (Å²) in [6.45, 7) is 0. The van der Waals surface area contributed by atoms with E-state index in [0.717, 1.165) is 43.8 Å². The second-order valence-corrected chi connectivity index (χ2v) is 12.3. The van der Waals surface area contributed by atoms with Gasteiger partial charge in [0, 0.05) is 27.5 Å². The van der Waals surface area contributed by atoms with Crippen molar-refractivity contribution in [2.75, 3.05) is 0 Å². The van der Waals surface area contributed by atoms with Crippen LogP contribution in [0.3, 0.4) is 0 Å². The molecule has 0 bridgehead atoms. The molecule has 0 aliphatic rings. The van der Waals surface area contributed by atoms with E-state index in [-0.39, 0.29) is 46.1 Å². The Bertz CT molecular complexity index is 3270. The number of para-hydroxylation sites is 1. The number of aromatic nitrogens is 3. The van der Waals surface area contributed by atoms with Crippen LogP contribution >= 0.6 is 0 Å². The van der Waals surface area contributed by atoms with Crippen LogP contribution in [-0.2, 0) is 0 Å². The maximum Gasteiger partial charge on any atom is 0.164 e. The Labute approximate surface area is 302 Å². The largest absolute Gasteiger partial charge is 0.456 e. The SMILES string of the molecule is [2H]c1c([2H])c([2H])c2c(-c3cccc(-c4nc(-c5ccc6oc7ccccc7c6c5)nc(-c5cccc6ccccc56)n4)c3)c([2H])c(-c3ccccc3)c([2H])c2c1[2H]. The highest BCUT2D eigenvalue weighted by molar-refractivity contribution is 6.06. The van der Waals surface area contributed by atoms with E-state index in [9.17, 15) is 2.74 Å². The third-order valence-corrected chi connectivity index (χ3v) is 9.21. The lowest BCUT2D eigenvalue weighted by molar-refractivity contribution is 0.669. The number of furan rings is 1. The van der Waals surface area contributed by atoms with Crippen LogP contribution in [0.1, 0.15) is 8.22 Å². The van der Waals surface area contributed by atoms with E-state index >= 15 is 0 Å². The third kappa shape index (κ3) is 5.13. The van der Waals surface area contributed by atoms with Crippen LogP contribution in [0.5, 0.6) is 0 Å². The Balaban J connectivity index is 1.23. The number of nitrogens with zero attached hydrogens (tertiary/aromatic N) is 3. The monoisotopic (exact) mass is 657 g/mol. The summed E-state index contributed by atoms with van der Waals surface area (Å²) in [6.07, 6.45) is 0. The van der Waals surface area contributed by atoms with Crippen LogP contribution in [0.4, 0.5) is 0 Å². The van der Waals surface area contributed by atoms with E-state index in [4.69, 9.17) is 24.9 Å². The van der Waals surface area contributed by atoms with Crippen molar-refractivity contribution in [3.05, 3.63) is 176 Å². The summed E-state index contributed by atoms with van der Waals surface area (Å²) in [7, 11) is 0. The van der Waals surface area contributed by atoms with E-state index in [2.05, 4.69) is 0 Å². The molecule has 2 aromatic heterocycles. The molecule has 0 radical (unpaired) electrons. The first-order valence-corrected chi connectivity index (χ1v) is 16.6. The van der Waals surface area contributed by atoms with E-state index in [0.29, 0.717) is 34.2 Å². The lowest BCUT2D eigenvalue weighted by Gasteiger charge is -2.13. The predicted molar refractivity (Wildman–Crippen MR) is 209 cm³/mol. The molecule has 0 N–H and O–H groups in total. The standard InChI is InChI=1S/C47H29N3O/c1-2-12-30(13-3-1)36-27-32-15-5-7-20-38(32)41(29-36)33-17-10-18-34(26-33)45-48-46(35-24-25-44-42(28-35)39-21-8-9-23-43(39)51-44)50-47(49-45)40-22-11-16-31-14-4-6-19-37(31)40/h1-29H/i5D,7D,15D,20D,27D,29D. The van der Waals surface area contributed by atoms with Gasteiger partial charge in [0.05, 0.1) is 8.22 Å². The van der Waals surface area contributed by atoms with Crippen LogP contribution < -0.4 is 0 Å². The molecule has 8 aromatic carbocycles. The van der Waals surface area contributed by atoms with Crippen molar-refractivity contribution in [2.24, 2.45) is 0 Å². The zero-order chi connectivity index (χ0) is 38.9. The third-order valence-electron chi connectivity index (χ3n) is 9.21. The minimum Gasteiger partial charge on any atom is -0.456 e. The molecule has 4 nitrogen and oxygen atoms in total. The Morgan fingerprint density at radius 1 is 0.392 bits per heavy atom. The van der Waals surface area contributed by atoms with Gasteiger partial charge >= 0.3 is 0 Å². The molecule has 0 aliphatic heterocycles. The van der Waals surface area contributed by atoms with Gasteiger partial charge in [0.15, 0.2) is 17.5 Å². The van der Waals surface area contributed by atoms with Crippen LogP contribution in [0.25, 0.3) is 99.9 Å². The lowest BCUT2D eigenvalue weighted by Crippen LogP contribution is -2.00. The number of hydrogen-bond acceptors (Lipinski definition) is 4. The van der Waals surface area contributed by atoms with Crippen molar-refractivity contribution in [2.45, 2.75) is 0 Å². The van der Waals surface area contributed by atoms with Gasteiger partial charge in [-0.1, -0.05) is 133 Å². The second kappa shape index (κ2) is 11.9. The molecule has 4 heteroatoms. The molecule has 0 aliphatic carbocycles. The Hall–Kier alpha value is -6.91. The first-order chi connectivity index (χ1) is 27.8. The quantitative estimate of drug-likeness (QED) is 0.185. The number of benzene rings is 8. The summed E-state index contributed by atoms with van der Waals surface area (Å²) in [5, 5.41) is 4.11. The topological polar surface area (TPSA) is 51.8 Å². The number of rotatable bonds is 5. The molecule has 0 fully saturated rings. The molecule has 0 unspecified atom stereocenters. The highest BCUT2D eigenvalue weighted by Gasteiger charge is 2.17. The molecule has 51 heavy (non-hydrogen) atoms.